The maximum Gasteiger partial charge on any atom is 0.164 e. The summed E-state index contributed by atoms with van der Waals surface area (Å²) in [7, 11) is 4.03. The van der Waals surface area contributed by atoms with E-state index in [2.05, 4.69) is 32.4 Å². The zero-order chi connectivity index (χ0) is 9.97. The summed E-state index contributed by atoms with van der Waals surface area (Å²) in [6.45, 7) is 5.32. The molecule has 0 aromatic carbocycles. The molecule has 0 atom stereocenters. The third-order valence-corrected chi connectivity index (χ3v) is 2.67. The molecule has 0 aliphatic carbocycles. The summed E-state index contributed by atoms with van der Waals surface area (Å²) in [5.41, 5.74) is 0. The van der Waals surface area contributed by atoms with Gasteiger partial charge in [0.1, 0.15) is 0 Å². The number of rotatable bonds is 2. The maximum atomic E-state index is 3.98. The summed E-state index contributed by atoms with van der Waals surface area (Å²) in [5.74, 6) is 0.939. The minimum absolute atomic E-state index is 0.858. The predicted molar refractivity (Wildman–Crippen MR) is 51.6 cm³/mol. The van der Waals surface area contributed by atoms with Gasteiger partial charge in [0.05, 0.1) is 6.54 Å². The number of piperazine rings is 1. The summed E-state index contributed by atoms with van der Waals surface area (Å²) in [5, 5.41) is 11.4. The molecule has 0 unspecified atom stereocenters. The van der Waals surface area contributed by atoms with Crippen LogP contribution in [0.5, 0.6) is 0 Å². The van der Waals surface area contributed by atoms with E-state index in [-0.39, 0.29) is 0 Å². The number of likely N-dealkylation sites (N-methyl/N-ethyl adjacent to an activating group) is 1. The van der Waals surface area contributed by atoms with Crippen molar-refractivity contribution in [1.29, 1.82) is 0 Å². The maximum absolute atomic E-state index is 3.98. The molecule has 1 aromatic rings. The number of aryl methyl sites for hydroxylation is 1. The minimum Gasteiger partial charge on any atom is -0.304 e. The van der Waals surface area contributed by atoms with Crippen molar-refractivity contribution >= 4 is 0 Å². The second kappa shape index (κ2) is 4.02. The lowest BCUT2D eigenvalue weighted by molar-refractivity contribution is 0.144. The summed E-state index contributed by atoms with van der Waals surface area (Å²) in [6.07, 6.45) is 0. The summed E-state index contributed by atoms with van der Waals surface area (Å²) >= 11 is 0. The fourth-order valence-electron chi connectivity index (χ4n) is 1.59. The quantitative estimate of drug-likeness (QED) is 0.604. The van der Waals surface area contributed by atoms with Crippen LogP contribution in [0.15, 0.2) is 0 Å². The van der Waals surface area contributed by atoms with E-state index >= 15 is 0 Å². The molecule has 2 rings (SSSR count). The first kappa shape index (κ1) is 9.54. The van der Waals surface area contributed by atoms with Crippen molar-refractivity contribution in [3.8, 4) is 0 Å². The van der Waals surface area contributed by atoms with Gasteiger partial charge in [-0.2, -0.15) is 0 Å². The van der Waals surface area contributed by atoms with Crippen molar-refractivity contribution < 1.29 is 0 Å². The van der Waals surface area contributed by atoms with Crippen molar-refractivity contribution in [2.45, 2.75) is 6.54 Å². The Balaban J connectivity index is 1.89. The SMILES string of the molecule is CN1CCN(Cc2nnnn2C)CC1. The van der Waals surface area contributed by atoms with Crippen LogP contribution in [0, 0.1) is 0 Å². The van der Waals surface area contributed by atoms with Gasteiger partial charge in [-0.25, -0.2) is 4.68 Å². The van der Waals surface area contributed by atoms with Gasteiger partial charge < -0.3 is 4.90 Å². The molecule has 1 fully saturated rings. The van der Waals surface area contributed by atoms with Crippen LogP contribution in [0.1, 0.15) is 5.82 Å². The second-order valence-electron chi connectivity index (χ2n) is 3.80. The third-order valence-electron chi connectivity index (χ3n) is 2.67. The Morgan fingerprint density at radius 1 is 1.14 bits per heavy atom. The smallest absolute Gasteiger partial charge is 0.164 e. The third kappa shape index (κ3) is 2.08. The molecule has 1 aliphatic heterocycles. The Bertz CT molecular complexity index is 288. The van der Waals surface area contributed by atoms with Crippen LogP contribution >= 0.6 is 0 Å². The molecule has 78 valence electrons. The molecular weight excluding hydrogens is 180 g/mol. The van der Waals surface area contributed by atoms with Crippen LogP contribution in [0.2, 0.25) is 0 Å². The Labute approximate surface area is 83.5 Å². The van der Waals surface area contributed by atoms with Gasteiger partial charge in [0.25, 0.3) is 0 Å². The number of aromatic nitrogens is 4. The predicted octanol–water partition coefficient (Wildman–Crippen LogP) is -1.04. The largest absolute Gasteiger partial charge is 0.304 e. The molecule has 0 N–H and O–H groups in total. The van der Waals surface area contributed by atoms with Crippen LogP contribution < -0.4 is 0 Å². The lowest BCUT2D eigenvalue weighted by Crippen LogP contribution is -2.44. The van der Waals surface area contributed by atoms with E-state index in [1.807, 2.05) is 7.05 Å². The van der Waals surface area contributed by atoms with Crippen molar-refractivity contribution in [2.75, 3.05) is 33.2 Å². The Morgan fingerprint density at radius 3 is 2.43 bits per heavy atom. The van der Waals surface area contributed by atoms with E-state index in [1.54, 1.807) is 4.68 Å². The van der Waals surface area contributed by atoms with Gasteiger partial charge in [0.2, 0.25) is 0 Å². The fourth-order valence-corrected chi connectivity index (χ4v) is 1.59. The zero-order valence-corrected chi connectivity index (χ0v) is 8.72. The van der Waals surface area contributed by atoms with Crippen molar-refractivity contribution in [3.63, 3.8) is 0 Å². The molecule has 0 saturated carbocycles. The van der Waals surface area contributed by atoms with Gasteiger partial charge in [-0.3, -0.25) is 4.90 Å². The molecule has 0 spiro atoms. The molecule has 0 amide bonds. The van der Waals surface area contributed by atoms with Crippen LogP contribution in [-0.4, -0.2) is 63.2 Å². The summed E-state index contributed by atoms with van der Waals surface area (Å²) < 4.78 is 1.73. The second-order valence-corrected chi connectivity index (χ2v) is 3.80. The van der Waals surface area contributed by atoms with E-state index in [0.29, 0.717) is 0 Å². The Morgan fingerprint density at radius 2 is 1.86 bits per heavy atom. The average Bonchev–Trinajstić information content (AvgIpc) is 2.56. The van der Waals surface area contributed by atoms with Crippen molar-refractivity contribution in [3.05, 3.63) is 5.82 Å². The van der Waals surface area contributed by atoms with Crippen molar-refractivity contribution in [2.24, 2.45) is 7.05 Å². The topological polar surface area (TPSA) is 50.1 Å². The first-order valence-corrected chi connectivity index (χ1v) is 4.88. The lowest BCUT2D eigenvalue weighted by Gasteiger charge is -2.31. The molecular formula is C8H16N6. The number of nitrogens with zero attached hydrogens (tertiary/aromatic N) is 6. The van der Waals surface area contributed by atoms with Gasteiger partial charge >= 0.3 is 0 Å². The number of tetrazole rings is 1. The highest BCUT2D eigenvalue weighted by Gasteiger charge is 2.15. The fraction of sp³-hybridized carbons (Fsp3) is 0.875. The summed E-state index contributed by atoms with van der Waals surface area (Å²) in [6, 6.07) is 0. The molecule has 0 radical (unpaired) electrons. The first-order chi connectivity index (χ1) is 6.75. The zero-order valence-electron chi connectivity index (χ0n) is 8.72. The molecule has 2 heterocycles. The monoisotopic (exact) mass is 196 g/mol. The van der Waals surface area contributed by atoms with Gasteiger partial charge in [-0.05, 0) is 17.5 Å². The van der Waals surface area contributed by atoms with E-state index in [0.717, 1.165) is 38.5 Å². The van der Waals surface area contributed by atoms with Gasteiger partial charge in [0, 0.05) is 33.2 Å². The van der Waals surface area contributed by atoms with E-state index in [9.17, 15) is 0 Å². The van der Waals surface area contributed by atoms with Gasteiger partial charge in [-0.15, -0.1) is 5.10 Å². The Kier molecular flexibility index (Phi) is 2.74. The number of hydrogen-bond acceptors (Lipinski definition) is 5. The van der Waals surface area contributed by atoms with Gasteiger partial charge in [0.15, 0.2) is 5.82 Å². The molecule has 14 heavy (non-hydrogen) atoms. The van der Waals surface area contributed by atoms with E-state index in [1.165, 1.54) is 0 Å². The Hall–Kier alpha value is -1.01. The summed E-state index contributed by atoms with van der Waals surface area (Å²) in [4.78, 5) is 4.72. The standard InChI is InChI=1S/C8H16N6/c1-12-3-5-14(6-4-12)7-8-9-10-11-13(8)2/h3-7H2,1-2H3. The van der Waals surface area contributed by atoms with E-state index < -0.39 is 0 Å². The molecule has 6 heteroatoms. The lowest BCUT2D eigenvalue weighted by atomic mass is 10.3. The average molecular weight is 196 g/mol. The highest BCUT2D eigenvalue weighted by Crippen LogP contribution is 2.03. The van der Waals surface area contributed by atoms with E-state index in [4.69, 9.17) is 0 Å². The van der Waals surface area contributed by atoms with Crippen LogP contribution in [-0.2, 0) is 13.6 Å². The molecule has 1 saturated heterocycles. The molecule has 6 nitrogen and oxygen atoms in total. The van der Waals surface area contributed by atoms with Gasteiger partial charge in [-0.1, -0.05) is 0 Å². The highest BCUT2D eigenvalue weighted by molar-refractivity contribution is 4.81. The molecule has 1 aliphatic rings. The normalized spacial score (nSPS) is 20.1. The van der Waals surface area contributed by atoms with Crippen LogP contribution in [0.3, 0.4) is 0 Å². The molecule has 1 aromatic heterocycles. The van der Waals surface area contributed by atoms with Crippen molar-refractivity contribution in [1.82, 2.24) is 30.0 Å². The van der Waals surface area contributed by atoms with Crippen LogP contribution in [0.25, 0.3) is 0 Å². The highest BCUT2D eigenvalue weighted by atomic mass is 15.5. The molecule has 0 bridgehead atoms. The minimum atomic E-state index is 0.858. The number of hydrogen-bond donors (Lipinski definition) is 0. The van der Waals surface area contributed by atoms with Crippen LogP contribution in [0.4, 0.5) is 0 Å². The first-order valence-electron chi connectivity index (χ1n) is 4.88.